The average Bonchev–Trinajstić information content (AvgIpc) is 2.44. The van der Waals surface area contributed by atoms with Gasteiger partial charge in [-0.3, -0.25) is 0 Å². The summed E-state index contributed by atoms with van der Waals surface area (Å²) in [5, 5.41) is 4.21. The van der Waals surface area contributed by atoms with Crippen molar-refractivity contribution in [2.45, 2.75) is 38.0 Å². The van der Waals surface area contributed by atoms with E-state index in [1.807, 2.05) is 6.07 Å². The van der Waals surface area contributed by atoms with Gasteiger partial charge in [0.2, 0.25) is 0 Å². The van der Waals surface area contributed by atoms with Crippen LogP contribution in [-0.2, 0) is 0 Å². The molecule has 0 unspecified atom stereocenters. The molecule has 0 spiro atoms. The van der Waals surface area contributed by atoms with Crippen LogP contribution in [0.4, 0.5) is 4.79 Å². The summed E-state index contributed by atoms with van der Waals surface area (Å²) in [5.74, 6) is 1.33. The molecule has 4 heteroatoms. The van der Waals surface area contributed by atoms with Gasteiger partial charge >= 0.3 is 6.03 Å². The highest BCUT2D eigenvalue weighted by molar-refractivity contribution is 6.03. The van der Waals surface area contributed by atoms with Crippen molar-refractivity contribution >= 4 is 11.7 Å². The number of rotatable bonds is 1. The van der Waals surface area contributed by atoms with E-state index in [4.69, 9.17) is 5.73 Å². The molecule has 19 heavy (non-hydrogen) atoms. The van der Waals surface area contributed by atoms with Crippen LogP contribution in [0.15, 0.2) is 29.4 Å². The number of hydrogen-bond donors (Lipinski definition) is 2. The van der Waals surface area contributed by atoms with Gasteiger partial charge in [-0.1, -0.05) is 37.1 Å². The minimum Gasteiger partial charge on any atom is -0.350 e. The van der Waals surface area contributed by atoms with E-state index in [1.165, 1.54) is 36.8 Å². The van der Waals surface area contributed by atoms with Crippen LogP contribution >= 0.6 is 0 Å². The second-order valence-corrected chi connectivity index (χ2v) is 5.48. The zero-order valence-corrected chi connectivity index (χ0v) is 10.9. The molecule has 2 amide bonds. The third kappa shape index (κ3) is 2.35. The number of nitrogens with two attached hydrogens (primary N) is 1. The zero-order chi connectivity index (χ0) is 13.2. The lowest BCUT2D eigenvalue weighted by molar-refractivity contribution is 0.249. The maximum absolute atomic E-state index is 10.8. The highest BCUT2D eigenvalue weighted by atomic mass is 16.2. The lowest BCUT2D eigenvalue weighted by Crippen LogP contribution is -2.31. The molecule has 2 aliphatic carbocycles. The Bertz CT molecular complexity index is 524. The number of fused-ring (bicyclic) bond motifs is 3. The van der Waals surface area contributed by atoms with E-state index < -0.39 is 6.03 Å². The van der Waals surface area contributed by atoms with Gasteiger partial charge < -0.3 is 5.73 Å². The first-order chi connectivity index (χ1) is 9.25. The van der Waals surface area contributed by atoms with Gasteiger partial charge in [0.1, 0.15) is 0 Å². The molecule has 3 N–H and O–H groups in total. The molecule has 0 bridgehead atoms. The fourth-order valence-electron chi connectivity index (χ4n) is 3.53. The molecule has 1 aromatic rings. The lowest BCUT2D eigenvalue weighted by atomic mass is 9.67. The van der Waals surface area contributed by atoms with Gasteiger partial charge in [0, 0.05) is 5.56 Å². The maximum atomic E-state index is 10.8. The molecular weight excluding hydrogens is 238 g/mol. The smallest absolute Gasteiger partial charge is 0.332 e. The largest absolute Gasteiger partial charge is 0.350 e. The normalized spacial score (nSPS) is 27.5. The van der Waals surface area contributed by atoms with E-state index >= 15 is 0 Å². The Labute approximate surface area is 113 Å². The molecule has 3 rings (SSSR count). The van der Waals surface area contributed by atoms with Gasteiger partial charge in [-0.15, -0.1) is 0 Å². The Hall–Kier alpha value is -1.84. The van der Waals surface area contributed by atoms with Crippen molar-refractivity contribution in [3.63, 3.8) is 0 Å². The van der Waals surface area contributed by atoms with Crippen LogP contribution in [0, 0.1) is 5.92 Å². The fourth-order valence-corrected chi connectivity index (χ4v) is 3.53. The van der Waals surface area contributed by atoms with Crippen molar-refractivity contribution in [1.29, 1.82) is 0 Å². The van der Waals surface area contributed by atoms with E-state index in [9.17, 15) is 4.79 Å². The number of hydrazone groups is 1. The second kappa shape index (κ2) is 5.03. The Balaban J connectivity index is 1.98. The lowest BCUT2D eigenvalue weighted by Gasteiger charge is -2.37. The Morgan fingerprint density at radius 1 is 1.26 bits per heavy atom. The number of amides is 2. The number of carbonyl (C=O) groups is 1. The van der Waals surface area contributed by atoms with Gasteiger partial charge in [0.15, 0.2) is 0 Å². The molecular formula is C15H19N3O. The minimum absolute atomic E-state index is 0.601. The molecule has 100 valence electrons. The molecule has 2 aliphatic rings. The summed E-state index contributed by atoms with van der Waals surface area (Å²) in [6.45, 7) is 0. The van der Waals surface area contributed by atoms with Crippen molar-refractivity contribution in [2.24, 2.45) is 16.8 Å². The average molecular weight is 257 g/mol. The second-order valence-electron chi connectivity index (χ2n) is 5.48. The molecule has 4 nitrogen and oxygen atoms in total. The fraction of sp³-hybridized carbons (Fsp3) is 0.467. The Kier molecular flexibility index (Phi) is 3.23. The summed E-state index contributed by atoms with van der Waals surface area (Å²) in [7, 11) is 0. The van der Waals surface area contributed by atoms with Crippen LogP contribution < -0.4 is 11.2 Å². The first-order valence-electron chi connectivity index (χ1n) is 6.97. The van der Waals surface area contributed by atoms with Gasteiger partial charge in [-0.25, -0.2) is 10.2 Å². The van der Waals surface area contributed by atoms with Crippen LogP contribution in [0.5, 0.6) is 0 Å². The minimum atomic E-state index is -0.601. The summed E-state index contributed by atoms with van der Waals surface area (Å²) in [5.41, 5.74) is 11.0. The topological polar surface area (TPSA) is 67.5 Å². The predicted octanol–water partition coefficient (Wildman–Crippen LogP) is 2.74. The van der Waals surface area contributed by atoms with E-state index in [-0.39, 0.29) is 0 Å². The molecule has 0 radical (unpaired) electrons. The number of carbonyl (C=O) groups excluding carboxylic acids is 1. The van der Waals surface area contributed by atoms with Crippen molar-refractivity contribution < 1.29 is 4.79 Å². The molecule has 1 saturated carbocycles. The number of primary amides is 1. The zero-order valence-electron chi connectivity index (χ0n) is 10.9. The van der Waals surface area contributed by atoms with E-state index in [0.29, 0.717) is 11.8 Å². The van der Waals surface area contributed by atoms with E-state index in [0.717, 1.165) is 12.1 Å². The third-order valence-corrected chi connectivity index (χ3v) is 4.34. The van der Waals surface area contributed by atoms with Crippen LogP contribution in [0.3, 0.4) is 0 Å². The molecule has 2 atom stereocenters. The summed E-state index contributed by atoms with van der Waals surface area (Å²) in [4.78, 5) is 10.8. The Morgan fingerprint density at radius 3 is 2.89 bits per heavy atom. The highest BCUT2D eigenvalue weighted by Crippen LogP contribution is 2.44. The van der Waals surface area contributed by atoms with Crippen LogP contribution in [-0.4, -0.2) is 11.7 Å². The van der Waals surface area contributed by atoms with E-state index in [2.05, 4.69) is 28.7 Å². The van der Waals surface area contributed by atoms with Gasteiger partial charge in [0.25, 0.3) is 0 Å². The first kappa shape index (κ1) is 12.2. The highest BCUT2D eigenvalue weighted by Gasteiger charge is 2.34. The predicted molar refractivity (Wildman–Crippen MR) is 75.0 cm³/mol. The number of nitrogens with one attached hydrogen (secondary N) is 1. The molecule has 0 heterocycles. The monoisotopic (exact) mass is 257 g/mol. The van der Waals surface area contributed by atoms with Crippen molar-refractivity contribution in [3.8, 4) is 0 Å². The standard InChI is InChI=1S/C15H19N3O/c16-15(19)18-17-14-9-10-5-1-2-6-11(10)12-7-3-4-8-13(12)14/h3-4,7-8,10-11H,1-2,5-6,9H2,(H3,16,18,19)/b17-14+/t10-,11+/m1/s1. The van der Waals surface area contributed by atoms with Crippen LogP contribution in [0.2, 0.25) is 0 Å². The SMILES string of the molecule is NC(=O)N/N=C1\C[C@H]2CCCC[C@@H]2c2ccccc21. The summed E-state index contributed by atoms with van der Waals surface area (Å²) < 4.78 is 0. The maximum Gasteiger partial charge on any atom is 0.332 e. The first-order valence-corrected chi connectivity index (χ1v) is 6.97. The van der Waals surface area contributed by atoms with Gasteiger partial charge in [-0.2, -0.15) is 5.10 Å². The van der Waals surface area contributed by atoms with Crippen LogP contribution in [0.1, 0.15) is 49.1 Å². The van der Waals surface area contributed by atoms with Gasteiger partial charge in [0.05, 0.1) is 5.71 Å². The number of urea groups is 1. The van der Waals surface area contributed by atoms with Crippen LogP contribution in [0.25, 0.3) is 0 Å². The van der Waals surface area contributed by atoms with Crippen molar-refractivity contribution in [2.75, 3.05) is 0 Å². The van der Waals surface area contributed by atoms with Crippen molar-refractivity contribution in [3.05, 3.63) is 35.4 Å². The molecule has 0 aromatic heterocycles. The number of nitrogens with zero attached hydrogens (tertiary/aromatic N) is 1. The third-order valence-electron chi connectivity index (χ3n) is 4.34. The molecule has 0 aliphatic heterocycles. The molecule has 1 aromatic carbocycles. The van der Waals surface area contributed by atoms with Crippen molar-refractivity contribution in [1.82, 2.24) is 5.43 Å². The molecule has 0 saturated heterocycles. The summed E-state index contributed by atoms with van der Waals surface area (Å²) in [6, 6.07) is 7.83. The molecule has 1 fully saturated rings. The Morgan fingerprint density at radius 2 is 2.05 bits per heavy atom. The quantitative estimate of drug-likeness (QED) is 0.746. The number of hydrogen-bond acceptors (Lipinski definition) is 2. The summed E-state index contributed by atoms with van der Waals surface area (Å²) >= 11 is 0. The van der Waals surface area contributed by atoms with Gasteiger partial charge in [-0.05, 0) is 36.7 Å². The number of benzene rings is 1. The summed E-state index contributed by atoms with van der Waals surface area (Å²) in [6.07, 6.45) is 6.11. The van der Waals surface area contributed by atoms with E-state index in [1.54, 1.807) is 0 Å².